The number of anilines is 1. The van der Waals surface area contributed by atoms with Crippen molar-refractivity contribution < 1.29 is 15.0 Å². The van der Waals surface area contributed by atoms with E-state index in [-0.39, 0.29) is 18.5 Å². The molecular weight excluding hydrogens is 438 g/mol. The molecule has 5 rings (SSSR count). The Morgan fingerprint density at radius 1 is 0.857 bits per heavy atom. The summed E-state index contributed by atoms with van der Waals surface area (Å²) in [6, 6.07) is 25.6. The molecule has 3 N–H and O–H groups in total. The fraction of sp³-hybridized carbons (Fsp3) is 0.345. The van der Waals surface area contributed by atoms with E-state index in [1.54, 1.807) is 0 Å². The maximum atomic E-state index is 12.9. The van der Waals surface area contributed by atoms with Crippen molar-refractivity contribution in [3.63, 3.8) is 0 Å². The molecule has 0 unspecified atom stereocenters. The van der Waals surface area contributed by atoms with Crippen LogP contribution in [0, 0.1) is 0 Å². The van der Waals surface area contributed by atoms with Gasteiger partial charge in [-0.05, 0) is 47.7 Å². The fourth-order valence-electron chi connectivity index (χ4n) is 5.26. The Labute approximate surface area is 206 Å². The standard InChI is InChI=1S/C29H33N3O3/c33-27-20-32(19-24-10-4-5-11-25(24)31-16-6-7-17-31)26(28(27)34)18-30-29(35)23-14-12-22(13-15-23)21-8-2-1-3-9-21/h1-5,8-15,26-28,33-34H,6-7,16-20H2,(H,30,35)/t26-,27+,28-/m1/s1. The zero-order valence-corrected chi connectivity index (χ0v) is 19.9. The summed E-state index contributed by atoms with van der Waals surface area (Å²) in [6.45, 7) is 3.38. The van der Waals surface area contributed by atoms with Gasteiger partial charge in [0.15, 0.2) is 0 Å². The molecule has 2 heterocycles. The molecule has 1 amide bonds. The Morgan fingerprint density at radius 2 is 1.51 bits per heavy atom. The number of rotatable bonds is 7. The largest absolute Gasteiger partial charge is 0.389 e. The molecule has 2 fully saturated rings. The van der Waals surface area contributed by atoms with Gasteiger partial charge in [0.1, 0.15) is 0 Å². The lowest BCUT2D eigenvalue weighted by Gasteiger charge is -2.28. The second-order valence-electron chi connectivity index (χ2n) is 9.53. The molecule has 2 aliphatic rings. The van der Waals surface area contributed by atoms with Crippen LogP contribution in [-0.4, -0.2) is 65.4 Å². The van der Waals surface area contributed by atoms with Crippen LogP contribution in [0.3, 0.4) is 0 Å². The molecule has 0 bridgehead atoms. The number of benzene rings is 3. The van der Waals surface area contributed by atoms with E-state index in [2.05, 4.69) is 33.3 Å². The summed E-state index contributed by atoms with van der Waals surface area (Å²) in [5.74, 6) is -0.185. The Kier molecular flexibility index (Phi) is 7.13. The topological polar surface area (TPSA) is 76.0 Å². The molecule has 2 aliphatic heterocycles. The highest BCUT2D eigenvalue weighted by molar-refractivity contribution is 5.94. The molecule has 0 aliphatic carbocycles. The SMILES string of the molecule is O=C(NC[C@@H]1[C@@H](O)[C@@H](O)CN1Cc1ccccc1N1CCCC1)c1ccc(-c2ccccc2)cc1. The lowest BCUT2D eigenvalue weighted by Crippen LogP contribution is -2.45. The van der Waals surface area contributed by atoms with E-state index in [1.807, 2.05) is 60.7 Å². The van der Waals surface area contributed by atoms with Gasteiger partial charge in [0.25, 0.3) is 5.91 Å². The van der Waals surface area contributed by atoms with Crippen LogP contribution in [-0.2, 0) is 6.54 Å². The fourth-order valence-corrected chi connectivity index (χ4v) is 5.26. The first-order chi connectivity index (χ1) is 17.1. The van der Waals surface area contributed by atoms with Crippen LogP contribution in [0.1, 0.15) is 28.8 Å². The van der Waals surface area contributed by atoms with Crippen LogP contribution in [0.4, 0.5) is 5.69 Å². The number of carbonyl (C=O) groups is 1. The molecule has 0 radical (unpaired) electrons. The number of nitrogens with one attached hydrogen (secondary N) is 1. The van der Waals surface area contributed by atoms with Crippen LogP contribution >= 0.6 is 0 Å². The molecule has 0 saturated carbocycles. The number of likely N-dealkylation sites (tertiary alicyclic amines) is 1. The lowest BCUT2D eigenvalue weighted by molar-refractivity contribution is 0.0370. The van der Waals surface area contributed by atoms with Crippen molar-refractivity contribution in [1.82, 2.24) is 10.2 Å². The van der Waals surface area contributed by atoms with Crippen molar-refractivity contribution in [2.24, 2.45) is 0 Å². The first-order valence-corrected chi connectivity index (χ1v) is 12.5. The zero-order chi connectivity index (χ0) is 24.2. The molecule has 2 saturated heterocycles. The van der Waals surface area contributed by atoms with Gasteiger partial charge >= 0.3 is 0 Å². The monoisotopic (exact) mass is 471 g/mol. The van der Waals surface area contributed by atoms with Crippen LogP contribution in [0.2, 0.25) is 0 Å². The van der Waals surface area contributed by atoms with Crippen LogP contribution in [0.15, 0.2) is 78.9 Å². The minimum Gasteiger partial charge on any atom is -0.389 e. The lowest BCUT2D eigenvalue weighted by atomic mass is 10.0. The number of aliphatic hydroxyl groups is 2. The average Bonchev–Trinajstić information content (AvgIpc) is 3.52. The van der Waals surface area contributed by atoms with Crippen molar-refractivity contribution in [2.75, 3.05) is 31.1 Å². The Bertz CT molecular complexity index is 1130. The summed E-state index contributed by atoms with van der Waals surface area (Å²) < 4.78 is 0. The summed E-state index contributed by atoms with van der Waals surface area (Å²) in [7, 11) is 0. The molecule has 0 aromatic heterocycles. The molecule has 3 aromatic carbocycles. The maximum Gasteiger partial charge on any atom is 0.251 e. The number of aliphatic hydroxyl groups excluding tert-OH is 2. The van der Waals surface area contributed by atoms with Gasteiger partial charge in [-0.1, -0.05) is 60.7 Å². The van der Waals surface area contributed by atoms with Crippen molar-refractivity contribution in [3.8, 4) is 11.1 Å². The van der Waals surface area contributed by atoms with Gasteiger partial charge in [-0.25, -0.2) is 0 Å². The first kappa shape index (κ1) is 23.5. The molecule has 3 aromatic rings. The van der Waals surface area contributed by atoms with Crippen molar-refractivity contribution >= 4 is 11.6 Å². The highest BCUT2D eigenvalue weighted by Gasteiger charge is 2.40. The van der Waals surface area contributed by atoms with Gasteiger partial charge in [-0.2, -0.15) is 0 Å². The van der Waals surface area contributed by atoms with E-state index in [1.165, 1.54) is 24.1 Å². The van der Waals surface area contributed by atoms with Crippen LogP contribution in [0.5, 0.6) is 0 Å². The average molecular weight is 472 g/mol. The highest BCUT2D eigenvalue weighted by Crippen LogP contribution is 2.28. The van der Waals surface area contributed by atoms with Gasteiger partial charge in [-0.3, -0.25) is 9.69 Å². The van der Waals surface area contributed by atoms with Crippen LogP contribution < -0.4 is 10.2 Å². The molecule has 6 heteroatoms. The number of hydrogen-bond acceptors (Lipinski definition) is 5. The quantitative estimate of drug-likeness (QED) is 0.493. The minimum absolute atomic E-state index is 0.185. The number of β-amino-alcohol motifs (C(OH)–C–C–N with tert-alkyl or cyclic N) is 1. The normalized spacial score (nSPS) is 22.5. The van der Waals surface area contributed by atoms with Crippen LogP contribution in [0.25, 0.3) is 11.1 Å². The van der Waals surface area contributed by atoms with Gasteiger partial charge in [0.2, 0.25) is 0 Å². The number of carbonyl (C=O) groups excluding carboxylic acids is 1. The minimum atomic E-state index is -0.908. The second kappa shape index (κ2) is 10.6. The smallest absolute Gasteiger partial charge is 0.251 e. The van der Waals surface area contributed by atoms with E-state index in [0.717, 1.165) is 24.2 Å². The summed E-state index contributed by atoms with van der Waals surface area (Å²) in [6.07, 6.45) is 0.670. The van der Waals surface area contributed by atoms with Gasteiger partial charge < -0.3 is 20.4 Å². The number of amides is 1. The van der Waals surface area contributed by atoms with Crippen molar-refractivity contribution in [2.45, 2.75) is 37.6 Å². The number of hydrogen-bond donors (Lipinski definition) is 3. The number of nitrogens with zero attached hydrogens (tertiary/aromatic N) is 2. The Morgan fingerprint density at radius 3 is 2.26 bits per heavy atom. The summed E-state index contributed by atoms with van der Waals surface area (Å²) >= 11 is 0. The van der Waals surface area contributed by atoms with Gasteiger partial charge in [-0.15, -0.1) is 0 Å². The van der Waals surface area contributed by atoms with Crippen molar-refractivity contribution in [1.29, 1.82) is 0 Å². The molecule has 182 valence electrons. The van der Waals surface area contributed by atoms with E-state index in [0.29, 0.717) is 18.7 Å². The van der Waals surface area contributed by atoms with E-state index >= 15 is 0 Å². The second-order valence-corrected chi connectivity index (χ2v) is 9.53. The van der Waals surface area contributed by atoms with E-state index < -0.39 is 12.2 Å². The van der Waals surface area contributed by atoms with E-state index in [9.17, 15) is 15.0 Å². The third-order valence-electron chi connectivity index (χ3n) is 7.22. The predicted molar refractivity (Wildman–Crippen MR) is 138 cm³/mol. The highest BCUT2D eigenvalue weighted by atomic mass is 16.3. The number of para-hydroxylation sites is 1. The van der Waals surface area contributed by atoms with E-state index in [4.69, 9.17) is 0 Å². The Hall–Kier alpha value is -3.19. The molecule has 3 atom stereocenters. The molecule has 6 nitrogen and oxygen atoms in total. The Balaban J connectivity index is 1.25. The molecule has 35 heavy (non-hydrogen) atoms. The summed E-state index contributed by atoms with van der Waals surface area (Å²) in [4.78, 5) is 17.3. The maximum absolute atomic E-state index is 12.9. The third kappa shape index (κ3) is 5.25. The summed E-state index contributed by atoms with van der Waals surface area (Å²) in [5, 5.41) is 24.1. The van der Waals surface area contributed by atoms with Crippen molar-refractivity contribution in [3.05, 3.63) is 90.0 Å². The first-order valence-electron chi connectivity index (χ1n) is 12.5. The van der Waals surface area contributed by atoms with Gasteiger partial charge in [0.05, 0.1) is 18.2 Å². The molecule has 0 spiro atoms. The summed E-state index contributed by atoms with van der Waals surface area (Å²) in [5.41, 5.74) is 5.14. The predicted octanol–water partition coefficient (Wildman–Crippen LogP) is 3.29. The zero-order valence-electron chi connectivity index (χ0n) is 19.9. The molecular formula is C29H33N3O3. The third-order valence-corrected chi connectivity index (χ3v) is 7.22. The van der Waals surface area contributed by atoms with Gasteiger partial charge in [0, 0.05) is 44.0 Å².